The van der Waals surface area contributed by atoms with Crippen molar-refractivity contribution in [2.45, 2.75) is 37.8 Å². The molecular weight excluding hydrogens is 597 g/mol. The number of rotatable bonds is 11. The Bertz CT molecular complexity index is 1480. The van der Waals surface area contributed by atoms with E-state index in [0.29, 0.717) is 16.3 Å². The van der Waals surface area contributed by atoms with Crippen molar-refractivity contribution >= 4 is 62.3 Å². The smallest absolute Gasteiger partial charge is 0.264 e. The van der Waals surface area contributed by atoms with Gasteiger partial charge < -0.3 is 15.0 Å². The average Bonchev–Trinajstić information content (AvgIpc) is 2.93. The summed E-state index contributed by atoms with van der Waals surface area (Å²) >= 11 is 18.6. The number of methoxy groups -OCH3 is 1. The van der Waals surface area contributed by atoms with Crippen molar-refractivity contribution in [3.63, 3.8) is 0 Å². The van der Waals surface area contributed by atoms with Gasteiger partial charge in [0.25, 0.3) is 10.0 Å². The second-order valence-corrected chi connectivity index (χ2v) is 12.0. The highest BCUT2D eigenvalue weighted by Gasteiger charge is 2.33. The Balaban J connectivity index is 2.10. The van der Waals surface area contributed by atoms with Gasteiger partial charge >= 0.3 is 0 Å². The third-order valence-corrected chi connectivity index (χ3v) is 9.10. The van der Waals surface area contributed by atoms with Crippen LogP contribution in [0.2, 0.25) is 15.1 Å². The molecule has 8 nitrogen and oxygen atoms in total. The summed E-state index contributed by atoms with van der Waals surface area (Å²) in [5, 5.41) is 3.38. The molecule has 0 aliphatic heterocycles. The molecule has 0 fully saturated rings. The number of ether oxygens (including phenoxy) is 1. The quantitative estimate of drug-likeness (QED) is 0.294. The highest BCUT2D eigenvalue weighted by molar-refractivity contribution is 7.92. The Kier molecular flexibility index (Phi) is 10.7. The van der Waals surface area contributed by atoms with Crippen LogP contribution in [-0.4, -0.2) is 51.9 Å². The number of halogens is 3. The van der Waals surface area contributed by atoms with Gasteiger partial charge in [0.2, 0.25) is 11.8 Å². The number of anilines is 1. The summed E-state index contributed by atoms with van der Waals surface area (Å²) in [6.45, 7) is 2.99. The van der Waals surface area contributed by atoms with Crippen LogP contribution in [0.25, 0.3) is 0 Å². The number of sulfonamides is 1. The molecular formula is C28H30Cl3N3O5S. The fourth-order valence-corrected chi connectivity index (χ4v) is 6.08. The lowest BCUT2D eigenvalue weighted by atomic mass is 10.1. The van der Waals surface area contributed by atoms with Crippen LogP contribution in [0, 0.1) is 6.92 Å². The summed E-state index contributed by atoms with van der Waals surface area (Å²) < 4.78 is 34.0. The maximum Gasteiger partial charge on any atom is 0.264 e. The van der Waals surface area contributed by atoms with E-state index in [-0.39, 0.29) is 33.6 Å². The van der Waals surface area contributed by atoms with Crippen LogP contribution in [0.15, 0.2) is 65.6 Å². The van der Waals surface area contributed by atoms with E-state index in [0.717, 1.165) is 9.87 Å². The molecule has 0 aliphatic rings. The van der Waals surface area contributed by atoms with Gasteiger partial charge in [0.1, 0.15) is 18.3 Å². The van der Waals surface area contributed by atoms with Crippen LogP contribution in [0.3, 0.4) is 0 Å². The molecule has 0 saturated carbocycles. The van der Waals surface area contributed by atoms with Crippen molar-refractivity contribution in [3.8, 4) is 5.75 Å². The number of carbonyl (C=O) groups is 2. The van der Waals surface area contributed by atoms with Crippen molar-refractivity contribution < 1.29 is 22.7 Å². The number of carbonyl (C=O) groups excluding carboxylic acids is 2. The minimum atomic E-state index is -4.23. The number of aryl methyl sites for hydroxylation is 1. The number of amides is 2. The van der Waals surface area contributed by atoms with E-state index >= 15 is 0 Å². The molecule has 3 rings (SSSR count). The van der Waals surface area contributed by atoms with Gasteiger partial charge in [0.05, 0.1) is 32.8 Å². The topological polar surface area (TPSA) is 96.0 Å². The van der Waals surface area contributed by atoms with E-state index in [1.807, 2.05) is 6.92 Å². The molecule has 0 unspecified atom stereocenters. The van der Waals surface area contributed by atoms with Gasteiger partial charge in [-0.2, -0.15) is 0 Å². The minimum absolute atomic E-state index is 0.00721. The number of likely N-dealkylation sites (N-methyl/N-ethyl adjacent to an activating group) is 1. The molecule has 0 saturated heterocycles. The molecule has 0 aromatic heterocycles. The first kappa shape index (κ1) is 31.5. The van der Waals surface area contributed by atoms with Crippen molar-refractivity contribution in [2.75, 3.05) is 25.0 Å². The van der Waals surface area contributed by atoms with E-state index < -0.39 is 34.4 Å². The van der Waals surface area contributed by atoms with Gasteiger partial charge in [0.15, 0.2) is 0 Å². The van der Waals surface area contributed by atoms with Gasteiger partial charge in [0, 0.05) is 13.6 Å². The second kappa shape index (κ2) is 13.6. The van der Waals surface area contributed by atoms with Crippen molar-refractivity contribution in [1.82, 2.24) is 10.2 Å². The Morgan fingerprint density at radius 1 is 0.950 bits per heavy atom. The summed E-state index contributed by atoms with van der Waals surface area (Å²) in [7, 11) is -1.32. The molecule has 40 heavy (non-hydrogen) atoms. The molecule has 1 N–H and O–H groups in total. The molecule has 0 aliphatic carbocycles. The molecule has 3 aromatic rings. The van der Waals surface area contributed by atoms with Gasteiger partial charge in [-0.05, 0) is 61.4 Å². The van der Waals surface area contributed by atoms with Crippen LogP contribution >= 0.6 is 34.8 Å². The van der Waals surface area contributed by atoms with E-state index in [2.05, 4.69) is 5.32 Å². The summed E-state index contributed by atoms with van der Waals surface area (Å²) in [5.41, 5.74) is 1.64. The second-order valence-electron chi connectivity index (χ2n) is 8.95. The van der Waals surface area contributed by atoms with Crippen LogP contribution in [0.4, 0.5) is 5.69 Å². The van der Waals surface area contributed by atoms with Crippen LogP contribution in [0.1, 0.15) is 24.5 Å². The summed E-state index contributed by atoms with van der Waals surface area (Å²) in [5.74, 6) is -0.656. The SMILES string of the molecule is CC[C@@H](C(=O)NC)N(Cc1ccc(Cl)c(Cl)c1)C(=O)CN(c1ccc(OC)c(Cl)c1)S(=O)(=O)c1ccc(C)cc1. The molecule has 12 heteroatoms. The van der Waals surface area contributed by atoms with E-state index in [1.54, 1.807) is 37.3 Å². The largest absolute Gasteiger partial charge is 0.495 e. The lowest BCUT2D eigenvalue weighted by Crippen LogP contribution is -2.51. The Morgan fingerprint density at radius 2 is 1.62 bits per heavy atom. The van der Waals surface area contributed by atoms with E-state index in [9.17, 15) is 18.0 Å². The van der Waals surface area contributed by atoms with Gasteiger partial charge in [-0.15, -0.1) is 0 Å². The predicted molar refractivity (Wildman–Crippen MR) is 159 cm³/mol. The maximum atomic E-state index is 14.0. The fourth-order valence-electron chi connectivity index (χ4n) is 4.10. The normalized spacial score (nSPS) is 12.0. The first-order chi connectivity index (χ1) is 18.9. The highest BCUT2D eigenvalue weighted by atomic mass is 35.5. The molecule has 0 spiro atoms. The van der Waals surface area contributed by atoms with Gasteiger partial charge in [-0.25, -0.2) is 8.42 Å². The fraction of sp³-hybridized carbons (Fsp3) is 0.286. The van der Waals surface area contributed by atoms with E-state index in [1.165, 1.54) is 49.4 Å². The van der Waals surface area contributed by atoms with Gasteiger partial charge in [-0.3, -0.25) is 13.9 Å². The molecule has 2 amide bonds. The van der Waals surface area contributed by atoms with Crippen LogP contribution in [0.5, 0.6) is 5.75 Å². The zero-order chi connectivity index (χ0) is 29.6. The third-order valence-electron chi connectivity index (χ3n) is 6.28. The lowest BCUT2D eigenvalue weighted by Gasteiger charge is -2.33. The zero-order valence-corrected chi connectivity index (χ0v) is 25.5. The lowest BCUT2D eigenvalue weighted by molar-refractivity contribution is -0.140. The molecule has 214 valence electrons. The highest BCUT2D eigenvalue weighted by Crippen LogP contribution is 2.32. The molecule has 0 radical (unpaired) electrons. The van der Waals surface area contributed by atoms with Gasteiger partial charge in [-0.1, -0.05) is 65.5 Å². The van der Waals surface area contributed by atoms with Crippen LogP contribution < -0.4 is 14.4 Å². The number of nitrogens with one attached hydrogen (secondary N) is 1. The zero-order valence-electron chi connectivity index (χ0n) is 22.4. The summed E-state index contributed by atoms with van der Waals surface area (Å²) in [6.07, 6.45) is 0.284. The predicted octanol–water partition coefficient (Wildman–Crippen LogP) is 5.71. The Morgan fingerprint density at radius 3 is 2.17 bits per heavy atom. The molecule has 3 aromatic carbocycles. The van der Waals surface area contributed by atoms with E-state index in [4.69, 9.17) is 39.5 Å². The molecule has 1 atom stereocenters. The number of benzene rings is 3. The monoisotopic (exact) mass is 625 g/mol. The van der Waals surface area contributed by atoms with Crippen molar-refractivity contribution in [1.29, 1.82) is 0 Å². The van der Waals surface area contributed by atoms with Crippen molar-refractivity contribution in [2.24, 2.45) is 0 Å². The maximum absolute atomic E-state index is 14.0. The van der Waals surface area contributed by atoms with Crippen molar-refractivity contribution in [3.05, 3.63) is 86.9 Å². The minimum Gasteiger partial charge on any atom is -0.495 e. The first-order valence-electron chi connectivity index (χ1n) is 12.3. The Hall–Kier alpha value is -2.98. The van der Waals surface area contributed by atoms with Crippen LogP contribution in [-0.2, 0) is 26.2 Å². The summed E-state index contributed by atoms with van der Waals surface area (Å²) in [4.78, 5) is 28.1. The standard InChI is InChI=1S/C28H30Cl3N3O5S/c1-5-25(28(36)32-3)33(16-19-8-12-22(29)23(30)14-19)27(35)17-34(20-9-13-26(39-4)24(31)15-20)40(37,38)21-10-6-18(2)7-11-21/h6-15,25H,5,16-17H2,1-4H3,(H,32,36)/t25-/m0/s1. The average molecular weight is 627 g/mol. The molecule has 0 heterocycles. The molecule has 0 bridgehead atoms. The third kappa shape index (κ3) is 7.20. The Labute approximate surface area is 249 Å². The number of hydrogen-bond donors (Lipinski definition) is 1. The summed E-state index contributed by atoms with van der Waals surface area (Å²) in [6, 6.07) is 14.7. The number of hydrogen-bond acceptors (Lipinski definition) is 5. The number of nitrogens with zero attached hydrogens (tertiary/aromatic N) is 2. The first-order valence-corrected chi connectivity index (χ1v) is 14.9.